The Balaban J connectivity index is 1.77. The van der Waals surface area contributed by atoms with E-state index in [2.05, 4.69) is 9.88 Å². The van der Waals surface area contributed by atoms with Gasteiger partial charge >= 0.3 is 0 Å². The van der Waals surface area contributed by atoms with E-state index in [1.807, 2.05) is 43.5 Å². The van der Waals surface area contributed by atoms with Crippen molar-refractivity contribution >= 4 is 28.8 Å². The molecule has 0 saturated heterocycles. The van der Waals surface area contributed by atoms with Crippen molar-refractivity contribution < 1.29 is 9.18 Å². The number of hydrogen-bond donors (Lipinski definition) is 0. The molecule has 3 rings (SSSR count). The zero-order valence-corrected chi connectivity index (χ0v) is 18.7. The van der Waals surface area contributed by atoms with Gasteiger partial charge < -0.3 is 4.90 Å². The zero-order valence-electron chi connectivity index (χ0n) is 17.1. The third kappa shape index (κ3) is 6.11. The van der Waals surface area contributed by atoms with Gasteiger partial charge in [-0.15, -0.1) is 11.3 Å². The molecule has 1 heterocycles. The summed E-state index contributed by atoms with van der Waals surface area (Å²) in [4.78, 5) is 21.1. The number of thiazole rings is 1. The Morgan fingerprint density at radius 1 is 0.967 bits per heavy atom. The monoisotopic (exact) mass is 445 g/mol. The van der Waals surface area contributed by atoms with E-state index in [1.54, 1.807) is 17.0 Å². The Morgan fingerprint density at radius 2 is 1.53 bits per heavy atom. The molecule has 0 atom stereocenters. The topological polar surface area (TPSA) is 36.4 Å². The second-order valence-corrected chi connectivity index (χ2v) is 8.38. The van der Waals surface area contributed by atoms with Gasteiger partial charge in [-0.25, -0.2) is 9.37 Å². The lowest BCUT2D eigenvalue weighted by Gasteiger charge is -2.22. The lowest BCUT2D eigenvalue weighted by atomic mass is 10.1. The van der Waals surface area contributed by atoms with Crippen LogP contribution in [-0.4, -0.2) is 33.8 Å². The van der Waals surface area contributed by atoms with Crippen LogP contribution < -0.4 is 0 Å². The van der Waals surface area contributed by atoms with E-state index in [4.69, 9.17) is 11.6 Å². The van der Waals surface area contributed by atoms with E-state index in [1.165, 1.54) is 23.5 Å². The van der Waals surface area contributed by atoms with Crippen LogP contribution in [0.15, 0.2) is 53.9 Å². The standard InChI is InChI=1S/C23H25ClFN3OS/c1-3-28(4-2)23(29)21-16-30-22(26-21)15-27(13-17-5-9-19(24)10-6-17)14-18-7-11-20(25)12-8-18/h5-12,16H,3-4,13-15H2,1-2H3. The van der Waals surface area contributed by atoms with Crippen LogP contribution in [0.1, 0.15) is 40.5 Å². The van der Waals surface area contributed by atoms with Crippen molar-refractivity contribution in [2.45, 2.75) is 33.5 Å². The fourth-order valence-corrected chi connectivity index (χ4v) is 4.14. The molecule has 0 aliphatic heterocycles. The summed E-state index contributed by atoms with van der Waals surface area (Å²) in [6.45, 7) is 7.17. The Hall–Kier alpha value is -2.28. The molecule has 1 aromatic heterocycles. The van der Waals surface area contributed by atoms with Gasteiger partial charge in [0, 0.05) is 36.6 Å². The number of carbonyl (C=O) groups is 1. The first-order valence-electron chi connectivity index (χ1n) is 9.93. The minimum absolute atomic E-state index is 0.0368. The van der Waals surface area contributed by atoms with Crippen LogP contribution >= 0.6 is 22.9 Å². The van der Waals surface area contributed by atoms with Crippen LogP contribution in [-0.2, 0) is 19.6 Å². The minimum atomic E-state index is -0.248. The maximum Gasteiger partial charge on any atom is 0.273 e. The second-order valence-electron chi connectivity index (χ2n) is 7.00. The van der Waals surface area contributed by atoms with Crippen molar-refractivity contribution in [2.24, 2.45) is 0 Å². The van der Waals surface area contributed by atoms with Crippen LogP contribution in [0.4, 0.5) is 4.39 Å². The molecule has 0 spiro atoms. The maximum atomic E-state index is 13.3. The molecule has 7 heteroatoms. The largest absolute Gasteiger partial charge is 0.338 e. The van der Waals surface area contributed by atoms with E-state index in [-0.39, 0.29) is 11.7 Å². The predicted octanol–water partition coefficient (Wildman–Crippen LogP) is 5.62. The van der Waals surface area contributed by atoms with Gasteiger partial charge in [-0.05, 0) is 49.2 Å². The first-order chi connectivity index (χ1) is 14.5. The second kappa shape index (κ2) is 10.7. The van der Waals surface area contributed by atoms with E-state index in [0.29, 0.717) is 43.4 Å². The van der Waals surface area contributed by atoms with Crippen LogP contribution in [0.3, 0.4) is 0 Å². The molecule has 2 aromatic carbocycles. The van der Waals surface area contributed by atoms with Crippen molar-refractivity contribution in [1.82, 2.24) is 14.8 Å². The van der Waals surface area contributed by atoms with E-state index >= 15 is 0 Å². The van der Waals surface area contributed by atoms with Gasteiger partial charge in [0.25, 0.3) is 5.91 Å². The average molecular weight is 446 g/mol. The molecule has 4 nitrogen and oxygen atoms in total. The maximum absolute atomic E-state index is 13.3. The van der Waals surface area contributed by atoms with Gasteiger partial charge in [0.05, 0.1) is 6.54 Å². The molecule has 0 unspecified atom stereocenters. The van der Waals surface area contributed by atoms with Gasteiger partial charge in [0.2, 0.25) is 0 Å². The first kappa shape index (κ1) is 22.4. The number of amides is 1. The Bertz CT molecular complexity index is 908. The van der Waals surface area contributed by atoms with E-state index < -0.39 is 0 Å². The number of halogens is 2. The third-order valence-corrected chi connectivity index (χ3v) is 5.90. The molecule has 0 N–H and O–H groups in total. The molecule has 30 heavy (non-hydrogen) atoms. The van der Waals surface area contributed by atoms with E-state index in [0.717, 1.165) is 16.1 Å². The fourth-order valence-electron chi connectivity index (χ4n) is 3.21. The molecule has 158 valence electrons. The summed E-state index contributed by atoms with van der Waals surface area (Å²) in [7, 11) is 0. The number of nitrogens with zero attached hydrogens (tertiary/aromatic N) is 3. The highest BCUT2D eigenvalue weighted by molar-refractivity contribution is 7.09. The normalized spacial score (nSPS) is 11.1. The number of rotatable bonds is 9. The Kier molecular flexibility index (Phi) is 7.96. The summed E-state index contributed by atoms with van der Waals surface area (Å²) in [6, 6.07) is 14.3. The average Bonchev–Trinajstić information content (AvgIpc) is 3.20. The van der Waals surface area contributed by atoms with Gasteiger partial charge in [0.15, 0.2) is 0 Å². The molecule has 0 aliphatic carbocycles. The predicted molar refractivity (Wildman–Crippen MR) is 120 cm³/mol. The van der Waals surface area contributed by atoms with Crippen LogP contribution in [0.25, 0.3) is 0 Å². The number of carbonyl (C=O) groups excluding carboxylic acids is 1. The summed E-state index contributed by atoms with van der Waals surface area (Å²) in [5.41, 5.74) is 2.63. The van der Waals surface area contributed by atoms with Gasteiger partial charge in [-0.1, -0.05) is 35.9 Å². The lowest BCUT2D eigenvalue weighted by molar-refractivity contribution is 0.0767. The van der Waals surface area contributed by atoms with Crippen LogP contribution in [0.5, 0.6) is 0 Å². The number of benzene rings is 2. The van der Waals surface area contributed by atoms with Crippen molar-refractivity contribution in [3.8, 4) is 0 Å². The molecule has 3 aromatic rings. The highest BCUT2D eigenvalue weighted by atomic mass is 35.5. The van der Waals surface area contributed by atoms with Crippen LogP contribution in [0.2, 0.25) is 5.02 Å². The number of aromatic nitrogens is 1. The molecule has 0 bridgehead atoms. The molecular weight excluding hydrogens is 421 g/mol. The van der Waals surface area contributed by atoms with Crippen molar-refractivity contribution in [1.29, 1.82) is 0 Å². The minimum Gasteiger partial charge on any atom is -0.338 e. The molecule has 1 amide bonds. The van der Waals surface area contributed by atoms with Gasteiger partial charge in [-0.2, -0.15) is 0 Å². The quantitative estimate of drug-likeness (QED) is 0.429. The van der Waals surface area contributed by atoms with Gasteiger partial charge in [0.1, 0.15) is 16.5 Å². The fraction of sp³-hybridized carbons (Fsp3) is 0.304. The smallest absolute Gasteiger partial charge is 0.273 e. The highest BCUT2D eigenvalue weighted by Gasteiger charge is 2.17. The SMILES string of the molecule is CCN(CC)C(=O)c1csc(CN(Cc2ccc(F)cc2)Cc2ccc(Cl)cc2)n1. The summed E-state index contributed by atoms with van der Waals surface area (Å²) >= 11 is 7.50. The van der Waals surface area contributed by atoms with Gasteiger partial charge in [-0.3, -0.25) is 9.69 Å². The number of hydrogen-bond acceptors (Lipinski definition) is 4. The lowest BCUT2D eigenvalue weighted by Crippen LogP contribution is -2.30. The molecule has 0 radical (unpaired) electrons. The molecule has 0 aliphatic rings. The zero-order chi connectivity index (χ0) is 21.5. The first-order valence-corrected chi connectivity index (χ1v) is 11.2. The Labute approximate surface area is 185 Å². The van der Waals surface area contributed by atoms with Crippen molar-refractivity contribution in [3.63, 3.8) is 0 Å². The van der Waals surface area contributed by atoms with Crippen molar-refractivity contribution in [2.75, 3.05) is 13.1 Å². The summed E-state index contributed by atoms with van der Waals surface area (Å²) in [5.74, 6) is -0.284. The Morgan fingerprint density at radius 3 is 2.10 bits per heavy atom. The van der Waals surface area contributed by atoms with E-state index in [9.17, 15) is 9.18 Å². The van der Waals surface area contributed by atoms with Crippen molar-refractivity contribution in [3.05, 3.63) is 86.6 Å². The highest BCUT2D eigenvalue weighted by Crippen LogP contribution is 2.19. The summed E-state index contributed by atoms with van der Waals surface area (Å²) in [6.07, 6.45) is 0. The molecule has 0 fully saturated rings. The summed E-state index contributed by atoms with van der Waals surface area (Å²) in [5, 5.41) is 3.40. The molecule has 0 saturated carbocycles. The van der Waals surface area contributed by atoms with Crippen LogP contribution in [0, 0.1) is 5.82 Å². The third-order valence-electron chi connectivity index (χ3n) is 4.82. The summed E-state index contributed by atoms with van der Waals surface area (Å²) < 4.78 is 13.3. The molecular formula is C23H25ClFN3OS.